The first-order valence-corrected chi connectivity index (χ1v) is 13.2. The fraction of sp³-hybridized carbons (Fsp3) is 0.552. The molecule has 5 aliphatic rings. The Kier molecular flexibility index (Phi) is 4.48. The van der Waals surface area contributed by atoms with Gasteiger partial charge in [0.2, 0.25) is 0 Å². The van der Waals surface area contributed by atoms with Crippen LogP contribution in [0.25, 0.3) is 16.5 Å². The van der Waals surface area contributed by atoms with Crippen molar-refractivity contribution >= 4 is 22.3 Å². The molecule has 1 aromatic carbocycles. The van der Waals surface area contributed by atoms with Gasteiger partial charge >= 0.3 is 0 Å². The lowest BCUT2D eigenvalue weighted by atomic mass is 9.54. The van der Waals surface area contributed by atoms with E-state index in [1.165, 1.54) is 16.7 Å². The first kappa shape index (κ1) is 22.7. The first-order valence-electron chi connectivity index (χ1n) is 13.2. The van der Waals surface area contributed by atoms with Gasteiger partial charge in [0.25, 0.3) is 0 Å². The third-order valence-corrected chi connectivity index (χ3v) is 10.5. The summed E-state index contributed by atoms with van der Waals surface area (Å²) in [4.78, 5) is 2.03. The Morgan fingerprint density at radius 3 is 2.81 bits per heavy atom. The minimum absolute atomic E-state index is 0.0969. The molecule has 3 heterocycles. The number of fused-ring (bicyclic) bond motifs is 2. The number of nitrogen functional groups attached to an aromatic ring is 1. The van der Waals surface area contributed by atoms with Gasteiger partial charge in [-0.1, -0.05) is 38.1 Å². The second kappa shape index (κ2) is 7.10. The van der Waals surface area contributed by atoms with E-state index in [2.05, 4.69) is 60.5 Å². The number of likely N-dealkylation sites (N-methyl/N-ethyl adjacent to an activating group) is 1. The molecule has 36 heavy (non-hydrogen) atoms. The summed E-state index contributed by atoms with van der Waals surface area (Å²) < 4.78 is 7.27. The van der Waals surface area contributed by atoms with Gasteiger partial charge in [-0.2, -0.15) is 5.10 Å². The lowest BCUT2D eigenvalue weighted by Gasteiger charge is -2.57. The molecule has 0 radical (unpaired) electrons. The summed E-state index contributed by atoms with van der Waals surface area (Å²) in [5.74, 6) is 1.11. The van der Waals surface area contributed by atoms with Crippen molar-refractivity contribution in [1.29, 1.82) is 0 Å². The van der Waals surface area contributed by atoms with E-state index in [0.29, 0.717) is 18.2 Å². The van der Waals surface area contributed by atoms with Crippen molar-refractivity contribution in [3.63, 3.8) is 0 Å². The number of aliphatic hydroxyl groups is 2. The Labute approximate surface area is 211 Å². The number of benzene rings is 1. The highest BCUT2D eigenvalue weighted by Crippen LogP contribution is 2.69. The molecule has 7 rings (SSSR count). The quantitative estimate of drug-likeness (QED) is 0.516. The number of aliphatic hydroxyl groups excluding tert-OH is 2. The number of rotatable bonds is 2. The van der Waals surface area contributed by atoms with Crippen LogP contribution in [0.15, 0.2) is 47.6 Å². The fourth-order valence-corrected chi connectivity index (χ4v) is 8.46. The maximum Gasteiger partial charge on any atom is 0.153 e. The number of H-pyrrole nitrogens is 1. The van der Waals surface area contributed by atoms with E-state index in [1.807, 2.05) is 19.0 Å². The van der Waals surface area contributed by atoms with Crippen molar-refractivity contribution in [2.24, 2.45) is 17.3 Å². The Morgan fingerprint density at radius 2 is 2.03 bits per heavy atom. The van der Waals surface area contributed by atoms with Gasteiger partial charge in [-0.25, -0.2) is 0 Å². The van der Waals surface area contributed by atoms with Gasteiger partial charge in [0, 0.05) is 22.8 Å². The van der Waals surface area contributed by atoms with Crippen LogP contribution in [0.4, 0.5) is 5.82 Å². The average molecular weight is 489 g/mol. The summed E-state index contributed by atoms with van der Waals surface area (Å²) in [6.45, 7) is 4.71. The number of allylic oxidation sites excluding steroid dienone is 3. The van der Waals surface area contributed by atoms with Crippen LogP contribution >= 0.6 is 0 Å². The topological polar surface area (TPSA) is 108 Å². The van der Waals surface area contributed by atoms with E-state index in [9.17, 15) is 10.2 Å². The van der Waals surface area contributed by atoms with Crippen LogP contribution in [0.2, 0.25) is 0 Å². The molecule has 1 saturated heterocycles. The van der Waals surface area contributed by atoms with Gasteiger partial charge in [-0.15, -0.1) is 0 Å². The predicted molar refractivity (Wildman–Crippen MR) is 140 cm³/mol. The lowest BCUT2D eigenvalue weighted by Crippen LogP contribution is -2.62. The minimum Gasteiger partial charge on any atom is -0.388 e. The molecule has 2 fully saturated rings. The molecule has 2 bridgehead atoms. The zero-order valence-electron chi connectivity index (χ0n) is 21.5. The third-order valence-electron chi connectivity index (χ3n) is 10.5. The van der Waals surface area contributed by atoms with Gasteiger partial charge in [-0.3, -0.25) is 5.10 Å². The smallest absolute Gasteiger partial charge is 0.153 e. The SMILES string of the molecule is CC1C=C2C=C3C(O)C(O)C(N(C)C)CC34CCC2(O4)C2CC=C(c3ccc4[nH]nc(N)c4c3)C12C. The minimum atomic E-state index is -0.906. The number of aromatic nitrogens is 2. The van der Waals surface area contributed by atoms with E-state index >= 15 is 0 Å². The van der Waals surface area contributed by atoms with E-state index in [-0.39, 0.29) is 23.0 Å². The summed E-state index contributed by atoms with van der Waals surface area (Å²) in [5, 5.41) is 30.3. The number of aromatic amines is 1. The molecule has 2 aliphatic heterocycles. The number of nitrogens with zero attached hydrogens (tertiary/aromatic N) is 2. The normalized spacial score (nSPS) is 43.1. The number of anilines is 1. The summed E-state index contributed by atoms with van der Waals surface area (Å²) >= 11 is 0. The van der Waals surface area contributed by atoms with Crippen molar-refractivity contribution in [3.05, 3.63) is 53.1 Å². The second-order valence-electron chi connectivity index (χ2n) is 12.2. The number of nitrogens with two attached hydrogens (primary N) is 1. The van der Waals surface area contributed by atoms with Crippen LogP contribution < -0.4 is 5.73 Å². The van der Waals surface area contributed by atoms with E-state index in [1.54, 1.807) is 0 Å². The second-order valence-corrected chi connectivity index (χ2v) is 12.2. The molecule has 8 atom stereocenters. The van der Waals surface area contributed by atoms with Gasteiger partial charge in [-0.05, 0) is 80.1 Å². The van der Waals surface area contributed by atoms with E-state index < -0.39 is 17.8 Å². The zero-order chi connectivity index (χ0) is 25.2. The Hall–Kier alpha value is -2.45. The molecule has 0 amide bonds. The van der Waals surface area contributed by atoms with Crippen LogP contribution in [0, 0.1) is 17.3 Å². The lowest BCUT2D eigenvalue weighted by molar-refractivity contribution is -0.165. The zero-order valence-corrected chi connectivity index (χ0v) is 21.5. The van der Waals surface area contributed by atoms with Crippen molar-refractivity contribution in [1.82, 2.24) is 15.1 Å². The molecular weight excluding hydrogens is 452 g/mol. The fourth-order valence-electron chi connectivity index (χ4n) is 8.46. The summed E-state index contributed by atoms with van der Waals surface area (Å²) in [6, 6.07) is 6.29. The Morgan fingerprint density at radius 1 is 1.22 bits per heavy atom. The standard InChI is InChI=1S/C29H36N4O3/c1-15-11-17-13-20-24(34)25(35)22(33(3)4)14-28(20)9-10-29(17,36-28)23-8-6-19(27(15,23)2)16-5-7-21-18(12-16)26(30)32-31-21/h5-7,11-13,15,22-25,34-35H,8-10,14H2,1-4H3,(H3,30,31,32). The number of hydrogen-bond donors (Lipinski definition) is 4. The molecule has 3 aliphatic carbocycles. The van der Waals surface area contributed by atoms with Gasteiger partial charge in [0.1, 0.15) is 6.10 Å². The van der Waals surface area contributed by atoms with E-state index in [4.69, 9.17) is 10.5 Å². The molecule has 5 N–H and O–H groups in total. The van der Waals surface area contributed by atoms with Gasteiger partial charge in [0.15, 0.2) is 5.82 Å². The highest BCUT2D eigenvalue weighted by Gasteiger charge is 2.68. The van der Waals surface area contributed by atoms with Crippen LogP contribution in [-0.4, -0.2) is 68.9 Å². The Balaban J connectivity index is 1.33. The van der Waals surface area contributed by atoms with Crippen LogP contribution in [0.1, 0.15) is 45.1 Å². The number of nitrogens with one attached hydrogen (secondary N) is 1. The van der Waals surface area contributed by atoms with Crippen molar-refractivity contribution in [2.45, 2.75) is 69.0 Å². The van der Waals surface area contributed by atoms with Gasteiger partial charge in [0.05, 0.1) is 22.8 Å². The monoisotopic (exact) mass is 488 g/mol. The van der Waals surface area contributed by atoms with Crippen molar-refractivity contribution in [2.75, 3.05) is 19.8 Å². The molecule has 1 saturated carbocycles. The molecule has 7 nitrogen and oxygen atoms in total. The summed E-state index contributed by atoms with van der Waals surface area (Å²) in [7, 11) is 3.95. The summed E-state index contributed by atoms with van der Waals surface area (Å²) in [6.07, 6.45) is 8.73. The summed E-state index contributed by atoms with van der Waals surface area (Å²) in [5.41, 5.74) is 10.7. The molecule has 8 unspecified atom stereocenters. The van der Waals surface area contributed by atoms with Crippen LogP contribution in [-0.2, 0) is 4.74 Å². The molecular formula is C29H36N4O3. The number of ether oxygens (including phenoxy) is 1. The maximum atomic E-state index is 11.2. The third kappa shape index (κ3) is 2.59. The molecule has 2 spiro atoms. The molecule has 190 valence electrons. The molecule has 2 aromatic rings. The molecule has 7 heteroatoms. The van der Waals surface area contributed by atoms with E-state index in [0.717, 1.165) is 35.7 Å². The Bertz CT molecular complexity index is 1370. The van der Waals surface area contributed by atoms with Crippen molar-refractivity contribution < 1.29 is 14.9 Å². The maximum absolute atomic E-state index is 11.2. The number of hydrogen-bond acceptors (Lipinski definition) is 6. The largest absolute Gasteiger partial charge is 0.388 e. The van der Waals surface area contributed by atoms with Crippen LogP contribution in [0.3, 0.4) is 0 Å². The van der Waals surface area contributed by atoms with Gasteiger partial charge < -0.3 is 25.6 Å². The highest BCUT2D eigenvalue weighted by molar-refractivity contribution is 5.92. The van der Waals surface area contributed by atoms with Crippen LogP contribution in [0.5, 0.6) is 0 Å². The highest BCUT2D eigenvalue weighted by atomic mass is 16.5. The first-order chi connectivity index (χ1) is 17.1. The molecule has 1 aromatic heterocycles. The average Bonchev–Trinajstić information content (AvgIpc) is 3.50. The predicted octanol–water partition coefficient (Wildman–Crippen LogP) is 3.41. The van der Waals surface area contributed by atoms with Crippen molar-refractivity contribution in [3.8, 4) is 0 Å².